The van der Waals surface area contributed by atoms with Crippen LogP contribution in [0.5, 0.6) is 5.75 Å². The highest BCUT2D eigenvalue weighted by Crippen LogP contribution is 2.46. The predicted octanol–water partition coefficient (Wildman–Crippen LogP) is 6.18. The number of hydrogen-bond donors (Lipinski definition) is 14. The number of carbonyl (C=O) groups excluding carboxylic acids is 13. The number of halogens is 1. The first kappa shape index (κ1) is 81.6. The number of nitrogens with one attached hydrogen (secondary N) is 13. The van der Waals surface area contributed by atoms with Gasteiger partial charge in [0, 0.05) is 198 Å². The van der Waals surface area contributed by atoms with E-state index >= 15 is 0 Å². The van der Waals surface area contributed by atoms with Crippen molar-refractivity contribution in [2.75, 3.05) is 84.8 Å². The highest BCUT2D eigenvalue weighted by molar-refractivity contribution is 6.20. The van der Waals surface area contributed by atoms with E-state index in [1.165, 1.54) is 107 Å². The van der Waals surface area contributed by atoms with E-state index in [1.54, 1.807) is 102 Å². The molecule has 0 spiro atoms. The van der Waals surface area contributed by atoms with Gasteiger partial charge in [0.2, 0.25) is 46.9 Å². The number of rotatable bonds is 29. The molecule has 9 aromatic heterocycles. The van der Waals surface area contributed by atoms with Crippen molar-refractivity contribution in [2.24, 2.45) is 56.4 Å². The molecule has 1 aliphatic rings. The quantitative estimate of drug-likeness (QED) is 0.0184. The number of anilines is 10. The first-order valence-corrected chi connectivity index (χ1v) is 37.5. The van der Waals surface area contributed by atoms with Crippen LogP contribution in [0.25, 0.3) is 21.7 Å². The van der Waals surface area contributed by atoms with Crippen molar-refractivity contribution in [3.63, 3.8) is 0 Å². The van der Waals surface area contributed by atoms with Gasteiger partial charge in [0.1, 0.15) is 34.2 Å². The fourth-order valence-electron chi connectivity index (χ4n) is 13.6. The Bertz CT molecular complexity index is 6130. The number of aromatic amines is 1. The van der Waals surface area contributed by atoms with E-state index in [4.69, 9.17) is 11.6 Å². The van der Waals surface area contributed by atoms with Gasteiger partial charge in [-0.2, -0.15) is 0 Å². The molecule has 41 heteroatoms. The molecule has 0 aliphatic carbocycles. The highest BCUT2D eigenvalue weighted by atomic mass is 35.5. The summed E-state index contributed by atoms with van der Waals surface area (Å²) < 4.78 is 11.6. The second-order valence-corrected chi connectivity index (χ2v) is 28.5. The summed E-state index contributed by atoms with van der Waals surface area (Å²) in [4.78, 5) is 193. The first-order valence-electron chi connectivity index (χ1n) is 36.9. The molecular weight excluding hydrogens is 1560 g/mol. The SMILES string of the molecule is CC(=O)Nc1cn(C)c(C(=O)Nc2cn(C)c(C(=O)Nc3cc(C(=O)NCCC(=O)Nc4cn(C)c(C(=O)Nc5cn(C)c(C(=O)NCCCC(=O)Nc6cc(C(=O)Nc7cc(C(=O)NCCC(=O)Nc8cc(C(=O)Nc9ccc%10[nH]c(C(=O)N%11CC(CCl)c%12c%11cc(O)c%11ccccc%12%11)cc%10c9)n(C)c8)n(C)c7)n(C)c6)n5)n4)n(C)c3)n2)n1. The van der Waals surface area contributed by atoms with Crippen LogP contribution in [0.4, 0.5) is 57.4 Å². The van der Waals surface area contributed by atoms with Crippen LogP contribution in [-0.4, -0.2) is 175 Å². The first-order chi connectivity index (χ1) is 56.8. The molecule has 13 rings (SSSR count). The highest BCUT2D eigenvalue weighted by Gasteiger charge is 2.36. The van der Waals surface area contributed by atoms with Crippen molar-refractivity contribution < 1.29 is 67.4 Å². The van der Waals surface area contributed by atoms with Crippen molar-refractivity contribution in [1.29, 1.82) is 0 Å². The lowest BCUT2D eigenvalue weighted by atomic mass is 9.95. The van der Waals surface area contributed by atoms with Crippen LogP contribution in [0.1, 0.15) is 139 Å². The Kier molecular flexibility index (Phi) is 23.6. The molecule has 13 amide bonds. The number of carbonyl (C=O) groups is 13. The van der Waals surface area contributed by atoms with Gasteiger partial charge in [0.05, 0.1) is 28.4 Å². The summed E-state index contributed by atoms with van der Waals surface area (Å²) in [5, 5.41) is 45.2. The van der Waals surface area contributed by atoms with E-state index < -0.39 is 65.0 Å². The molecule has 119 heavy (non-hydrogen) atoms. The fraction of sp³-hybridized carbons (Fsp3) is 0.244. The number of aromatic hydroxyl groups is 1. The van der Waals surface area contributed by atoms with Gasteiger partial charge in [0.25, 0.3) is 53.2 Å². The van der Waals surface area contributed by atoms with Gasteiger partial charge in [-0.3, -0.25) is 62.3 Å². The van der Waals surface area contributed by atoms with Gasteiger partial charge < -0.3 is 115 Å². The minimum absolute atomic E-state index is 0.00746. The van der Waals surface area contributed by atoms with Crippen LogP contribution in [0.2, 0.25) is 0 Å². The van der Waals surface area contributed by atoms with Crippen LogP contribution >= 0.6 is 11.6 Å². The van der Waals surface area contributed by atoms with E-state index in [0.29, 0.717) is 51.3 Å². The number of H-pyrrole nitrogens is 1. The Hall–Kier alpha value is -15.4. The standard InChI is InChI=1S/C78H81ClN26O14/c1-40(106)83-58-36-102(7)68(91-58)76(117)96-61-39-104(9)67(94-61)75(116)88-47-28-54(98(3)35-47)71(112)82-22-19-64(110)90-59-37-103(8)69(92-59)77(118)95-60-38-101(6)66(93-60)74(115)80-20-12-15-62(108)84-44-25-56(100(5)32-44)73(114)87-46-27-53(97(2)34-46)70(111)81-21-18-63(109)85-45-26-55(99(4)33-45)72(113)86-43-16-17-50-41(23-43)24-51(89-50)78(119)105-31-42(30-79)65-49-14-11-10-13-48(49)57(107)29-52(65)105/h10-11,13-14,16-17,23-29,32-39,42,89,107H,12,15,18-22,30-31H2,1-9H3,(H,80,115)(H,81,111)(H,82,112)(H,83,106)(H,84,108)(H,85,109)(H,86,113)(H,87,114)(H,88,116)(H,90,110)(H,95,118)(H,96,117). The number of amides is 13. The number of aromatic nitrogens is 13. The molecule has 0 bridgehead atoms. The Morgan fingerprint density at radius 1 is 0.420 bits per heavy atom. The largest absolute Gasteiger partial charge is 0.507 e. The molecule has 1 unspecified atom stereocenters. The zero-order valence-electron chi connectivity index (χ0n) is 65.5. The van der Waals surface area contributed by atoms with Gasteiger partial charge in [0.15, 0.2) is 23.3 Å². The molecule has 3 aromatic carbocycles. The van der Waals surface area contributed by atoms with Gasteiger partial charge >= 0.3 is 0 Å². The van der Waals surface area contributed by atoms with Gasteiger partial charge in [-0.15, -0.1) is 11.6 Å². The molecule has 10 heterocycles. The summed E-state index contributed by atoms with van der Waals surface area (Å²) in [6.45, 7) is 1.53. The summed E-state index contributed by atoms with van der Waals surface area (Å²) in [6, 6.07) is 21.8. The van der Waals surface area contributed by atoms with E-state index in [0.717, 1.165) is 10.9 Å². The molecule has 0 saturated heterocycles. The van der Waals surface area contributed by atoms with E-state index in [9.17, 15) is 67.4 Å². The van der Waals surface area contributed by atoms with Crippen LogP contribution in [0, 0.1) is 0 Å². The lowest BCUT2D eigenvalue weighted by molar-refractivity contribution is -0.117. The topological polar surface area (TPSA) is 497 Å². The van der Waals surface area contributed by atoms with Gasteiger partial charge in [-0.1, -0.05) is 24.3 Å². The summed E-state index contributed by atoms with van der Waals surface area (Å²) >= 11 is 6.42. The molecule has 14 N–H and O–H groups in total. The smallest absolute Gasteiger partial charge is 0.292 e. The summed E-state index contributed by atoms with van der Waals surface area (Å²) in [5.41, 5.74) is 4.82. The minimum Gasteiger partial charge on any atom is -0.507 e. The number of fused-ring (bicyclic) bond motifs is 4. The maximum absolute atomic E-state index is 14.1. The average Bonchev–Trinajstić information content (AvgIpc) is 1.61. The van der Waals surface area contributed by atoms with Crippen molar-refractivity contribution in [3.05, 3.63) is 186 Å². The monoisotopic (exact) mass is 1640 g/mol. The van der Waals surface area contributed by atoms with Crippen LogP contribution < -0.4 is 68.7 Å². The molecule has 1 atom stereocenters. The Labute approximate surface area is 680 Å². The number of alkyl halides is 1. The van der Waals surface area contributed by atoms with Gasteiger partial charge in [-0.05, 0) is 65.9 Å². The third-order valence-corrected chi connectivity index (χ3v) is 19.6. The lowest BCUT2D eigenvalue weighted by Gasteiger charge is -2.17. The maximum atomic E-state index is 14.1. The van der Waals surface area contributed by atoms with Crippen molar-refractivity contribution in [3.8, 4) is 5.75 Å². The number of phenolic OH excluding ortho intramolecular Hbond substituents is 1. The maximum Gasteiger partial charge on any atom is 0.292 e. The Balaban J connectivity index is 0.497. The number of nitrogens with zero attached hydrogens (tertiary/aromatic N) is 13. The van der Waals surface area contributed by atoms with E-state index in [2.05, 4.69) is 88.7 Å². The van der Waals surface area contributed by atoms with Gasteiger partial charge in [-0.25, -0.2) is 19.9 Å². The predicted molar refractivity (Wildman–Crippen MR) is 439 cm³/mol. The zero-order valence-corrected chi connectivity index (χ0v) is 66.3. The minimum atomic E-state index is -0.722. The Morgan fingerprint density at radius 2 is 0.832 bits per heavy atom. The second kappa shape index (κ2) is 34.4. The second-order valence-electron chi connectivity index (χ2n) is 28.2. The van der Waals surface area contributed by atoms with E-state index in [1.807, 2.05) is 24.3 Å². The number of phenols is 1. The molecule has 1 aliphatic heterocycles. The summed E-state index contributed by atoms with van der Waals surface area (Å²) in [5.74, 6) is -6.63. The third kappa shape index (κ3) is 18.4. The number of imidazole rings is 4. The number of hydrogen-bond acceptors (Lipinski definition) is 18. The summed E-state index contributed by atoms with van der Waals surface area (Å²) in [6.07, 6.45) is 11.7. The zero-order chi connectivity index (χ0) is 84.9. The molecule has 0 radical (unpaired) electrons. The van der Waals surface area contributed by atoms with E-state index in [-0.39, 0.29) is 155 Å². The van der Waals surface area contributed by atoms with Crippen molar-refractivity contribution in [1.82, 2.24) is 77.4 Å². The molecule has 0 saturated carbocycles. The molecule has 0 fully saturated rings. The number of aryl methyl sites for hydroxylation is 8. The van der Waals surface area contributed by atoms with Crippen LogP contribution in [-0.2, 0) is 75.6 Å². The normalized spacial score (nSPS) is 12.2. The lowest BCUT2D eigenvalue weighted by Crippen LogP contribution is -2.30. The number of benzene rings is 3. The van der Waals surface area contributed by atoms with Crippen LogP contribution in [0.15, 0.2) is 128 Å². The fourth-order valence-corrected chi connectivity index (χ4v) is 13.9. The molecule has 614 valence electrons. The average molecular weight is 1640 g/mol. The van der Waals surface area contributed by atoms with Crippen molar-refractivity contribution >= 4 is 167 Å². The van der Waals surface area contributed by atoms with Crippen LogP contribution in [0.3, 0.4) is 0 Å². The molecule has 40 nitrogen and oxygen atoms in total. The summed E-state index contributed by atoms with van der Waals surface area (Å²) in [7, 11) is 12.6. The van der Waals surface area contributed by atoms with Crippen molar-refractivity contribution in [2.45, 2.75) is 38.5 Å². The third-order valence-electron chi connectivity index (χ3n) is 19.2. The molecular formula is C78H81ClN26O14. The Morgan fingerprint density at radius 3 is 1.33 bits per heavy atom. The molecule has 12 aromatic rings.